The number of phenols is 1. The van der Waals surface area contributed by atoms with E-state index in [2.05, 4.69) is 38.2 Å². The molecule has 0 bridgehead atoms. The monoisotopic (exact) mass is 488 g/mol. The van der Waals surface area contributed by atoms with Crippen LogP contribution in [0.2, 0.25) is 0 Å². The molecule has 0 saturated heterocycles. The van der Waals surface area contributed by atoms with Gasteiger partial charge in [0.15, 0.2) is 0 Å². The van der Waals surface area contributed by atoms with E-state index in [-0.39, 0.29) is 11.7 Å². The maximum atomic E-state index is 11.6. The molecule has 3 nitrogen and oxygen atoms in total. The number of benzene rings is 1. The third-order valence-corrected chi connectivity index (χ3v) is 9.66. The Hall–Kier alpha value is -2.10. The van der Waals surface area contributed by atoms with Gasteiger partial charge in [0.05, 0.1) is 11.2 Å². The van der Waals surface area contributed by atoms with Crippen LogP contribution in [0.5, 0.6) is 5.75 Å². The normalized spacial score (nSPS) is 31.2. The molecule has 4 aliphatic rings. The van der Waals surface area contributed by atoms with E-state index in [1.165, 1.54) is 60.8 Å². The second-order valence-electron chi connectivity index (χ2n) is 12.2. The molecule has 194 valence electrons. The highest BCUT2D eigenvalue weighted by Gasteiger charge is 2.41. The summed E-state index contributed by atoms with van der Waals surface area (Å²) in [5, 5.41) is 33.2. The van der Waals surface area contributed by atoms with Crippen molar-refractivity contribution >= 4 is 0 Å². The molecule has 0 amide bonds. The summed E-state index contributed by atoms with van der Waals surface area (Å²) in [6.45, 7) is 4.36. The number of rotatable bonds is 5. The van der Waals surface area contributed by atoms with Crippen LogP contribution in [0.15, 0.2) is 70.9 Å². The van der Waals surface area contributed by atoms with Gasteiger partial charge < -0.3 is 15.3 Å². The molecular formula is C33H44O3. The van der Waals surface area contributed by atoms with E-state index in [1.807, 2.05) is 12.1 Å². The Bertz CT molecular complexity index is 999. The molecule has 0 aliphatic heterocycles. The molecule has 1 aromatic rings. The third-order valence-electron chi connectivity index (χ3n) is 9.66. The molecule has 3 N–H and O–H groups in total. The van der Waals surface area contributed by atoms with Crippen molar-refractivity contribution in [2.24, 2.45) is 11.8 Å². The van der Waals surface area contributed by atoms with Crippen molar-refractivity contribution in [2.75, 3.05) is 0 Å². The van der Waals surface area contributed by atoms with Gasteiger partial charge in [0.1, 0.15) is 5.75 Å². The van der Waals surface area contributed by atoms with E-state index < -0.39 is 11.2 Å². The average Bonchev–Trinajstić information content (AvgIpc) is 2.89. The molecule has 0 aromatic heterocycles. The lowest BCUT2D eigenvalue weighted by Crippen LogP contribution is -2.40. The minimum Gasteiger partial charge on any atom is -0.508 e. The molecule has 2 unspecified atom stereocenters. The number of phenolic OH excluding ortho intramolecular Hbond substituents is 1. The Kier molecular flexibility index (Phi) is 7.34. The van der Waals surface area contributed by atoms with Crippen molar-refractivity contribution in [1.29, 1.82) is 0 Å². The second kappa shape index (κ2) is 10.3. The first-order chi connectivity index (χ1) is 17.3. The fourth-order valence-electron chi connectivity index (χ4n) is 7.57. The Labute approximate surface area is 217 Å². The molecule has 2 saturated carbocycles. The number of aromatic hydroxyl groups is 1. The van der Waals surface area contributed by atoms with Gasteiger partial charge >= 0.3 is 0 Å². The fourth-order valence-corrected chi connectivity index (χ4v) is 7.57. The highest BCUT2D eigenvalue weighted by Crippen LogP contribution is 2.48. The Morgan fingerprint density at radius 1 is 0.667 bits per heavy atom. The highest BCUT2D eigenvalue weighted by molar-refractivity contribution is 5.54. The van der Waals surface area contributed by atoms with Gasteiger partial charge in [-0.25, -0.2) is 0 Å². The number of allylic oxidation sites excluding steroid dienone is 4. The van der Waals surface area contributed by atoms with Crippen molar-refractivity contribution in [3.63, 3.8) is 0 Å². The Balaban J connectivity index is 1.48. The molecule has 0 radical (unpaired) electrons. The van der Waals surface area contributed by atoms with Gasteiger partial charge in [-0.1, -0.05) is 86.1 Å². The van der Waals surface area contributed by atoms with Gasteiger partial charge in [0.2, 0.25) is 0 Å². The second-order valence-corrected chi connectivity index (χ2v) is 12.2. The zero-order chi connectivity index (χ0) is 25.3. The van der Waals surface area contributed by atoms with Crippen LogP contribution in [0.1, 0.15) is 102 Å². The van der Waals surface area contributed by atoms with E-state index in [9.17, 15) is 15.3 Å². The molecule has 0 heterocycles. The zero-order valence-corrected chi connectivity index (χ0v) is 22.2. The fraction of sp³-hybridized carbons (Fsp3) is 0.576. The summed E-state index contributed by atoms with van der Waals surface area (Å²) in [6, 6.07) is 7.58. The molecular weight excluding hydrogens is 444 g/mol. The van der Waals surface area contributed by atoms with Crippen molar-refractivity contribution in [2.45, 2.75) is 108 Å². The minimum absolute atomic E-state index is 0.0184. The minimum atomic E-state index is -0.749. The van der Waals surface area contributed by atoms with E-state index in [0.29, 0.717) is 24.7 Å². The molecule has 0 spiro atoms. The Morgan fingerprint density at radius 3 is 1.47 bits per heavy atom. The van der Waals surface area contributed by atoms with Crippen LogP contribution < -0.4 is 0 Å². The number of hydrogen-bond acceptors (Lipinski definition) is 3. The summed E-state index contributed by atoms with van der Waals surface area (Å²) in [7, 11) is 0. The molecule has 36 heavy (non-hydrogen) atoms. The number of aliphatic hydroxyl groups is 2. The summed E-state index contributed by atoms with van der Waals surface area (Å²) < 4.78 is 0. The van der Waals surface area contributed by atoms with Crippen molar-refractivity contribution in [3.8, 4) is 5.75 Å². The summed E-state index contributed by atoms with van der Waals surface area (Å²) >= 11 is 0. The lowest BCUT2D eigenvalue weighted by atomic mass is 9.67. The maximum Gasteiger partial charge on any atom is 0.115 e. The van der Waals surface area contributed by atoms with Crippen LogP contribution in [0.25, 0.3) is 0 Å². The van der Waals surface area contributed by atoms with Crippen molar-refractivity contribution in [1.82, 2.24) is 0 Å². The van der Waals surface area contributed by atoms with Crippen molar-refractivity contribution in [3.05, 3.63) is 76.4 Å². The lowest BCUT2D eigenvalue weighted by molar-refractivity contribution is 0.00941. The molecule has 3 heteroatoms. The van der Waals surface area contributed by atoms with Crippen LogP contribution in [-0.4, -0.2) is 26.5 Å². The van der Waals surface area contributed by atoms with Gasteiger partial charge in [-0.3, -0.25) is 0 Å². The quantitative estimate of drug-likeness (QED) is 0.399. The first kappa shape index (κ1) is 25.5. The van der Waals surface area contributed by atoms with E-state index in [1.54, 1.807) is 12.1 Å². The summed E-state index contributed by atoms with van der Waals surface area (Å²) in [6.07, 6.45) is 21.8. The van der Waals surface area contributed by atoms with E-state index in [4.69, 9.17) is 0 Å². The zero-order valence-electron chi connectivity index (χ0n) is 22.2. The number of hydrogen-bond donors (Lipinski definition) is 3. The third kappa shape index (κ3) is 5.02. The van der Waals surface area contributed by atoms with E-state index in [0.717, 1.165) is 31.2 Å². The predicted molar refractivity (Wildman–Crippen MR) is 147 cm³/mol. The molecule has 5 rings (SSSR count). The van der Waals surface area contributed by atoms with Gasteiger partial charge in [-0.05, 0) is 80.2 Å². The van der Waals surface area contributed by atoms with Crippen molar-refractivity contribution < 1.29 is 15.3 Å². The van der Waals surface area contributed by atoms with Crippen LogP contribution in [0, 0.1) is 11.8 Å². The molecule has 2 atom stereocenters. The summed E-state index contributed by atoms with van der Waals surface area (Å²) in [4.78, 5) is 0. The first-order valence-corrected chi connectivity index (χ1v) is 14.3. The van der Waals surface area contributed by atoms with Gasteiger partial charge in [-0.2, -0.15) is 0 Å². The Morgan fingerprint density at radius 2 is 1.08 bits per heavy atom. The molecule has 2 fully saturated rings. The highest BCUT2D eigenvalue weighted by atomic mass is 16.3. The van der Waals surface area contributed by atoms with Crippen LogP contribution in [-0.2, 0) is 0 Å². The van der Waals surface area contributed by atoms with Crippen LogP contribution in [0.4, 0.5) is 0 Å². The first-order valence-electron chi connectivity index (χ1n) is 14.3. The topological polar surface area (TPSA) is 60.7 Å². The van der Waals surface area contributed by atoms with Crippen LogP contribution >= 0.6 is 0 Å². The van der Waals surface area contributed by atoms with Gasteiger partial charge in [0.25, 0.3) is 0 Å². The van der Waals surface area contributed by atoms with Crippen LogP contribution in [0.3, 0.4) is 0 Å². The standard InChI is InChI=1S/C33H44O3/c1-23-21-32(35,26-9-5-3-6-10-26)19-17-29(23)31(25-13-15-28(34)16-14-25)30-18-20-33(36,22-24(30)2)27-11-7-4-8-12-27/h13-20,26-27,31,34-36H,3-12,21-22H2,1-2H3. The summed E-state index contributed by atoms with van der Waals surface area (Å²) in [5.74, 6) is 0.967. The molecule has 4 aliphatic carbocycles. The molecule has 1 aromatic carbocycles. The maximum absolute atomic E-state index is 11.6. The average molecular weight is 489 g/mol. The smallest absolute Gasteiger partial charge is 0.115 e. The van der Waals surface area contributed by atoms with Gasteiger partial charge in [-0.15, -0.1) is 0 Å². The van der Waals surface area contributed by atoms with Gasteiger partial charge in [0, 0.05) is 18.8 Å². The SMILES string of the molecule is CC1=C(C(C2=C(C)CC(O)(C3CCCCC3)C=C2)c2ccc(O)cc2)C=CC(O)(C2CCCCC2)C1. The lowest BCUT2D eigenvalue weighted by Gasteiger charge is -2.42. The largest absolute Gasteiger partial charge is 0.508 e. The summed E-state index contributed by atoms with van der Waals surface area (Å²) in [5.41, 5.74) is 4.60. The predicted octanol–water partition coefficient (Wildman–Crippen LogP) is 7.65. The van der Waals surface area contributed by atoms with E-state index >= 15 is 0 Å².